The fourth-order valence-corrected chi connectivity index (χ4v) is 7.61. The number of ketones is 1. The van der Waals surface area contributed by atoms with E-state index < -0.39 is 11.9 Å². The molecule has 0 bridgehead atoms. The topological polar surface area (TPSA) is 101 Å². The summed E-state index contributed by atoms with van der Waals surface area (Å²) in [5.41, 5.74) is 9.64. The van der Waals surface area contributed by atoms with Crippen LogP contribution < -0.4 is 9.80 Å². The normalized spacial score (nSPS) is 19.7. The van der Waals surface area contributed by atoms with Gasteiger partial charge in [-0.1, -0.05) is 77.1 Å². The SMILES string of the molecule is CC(=O)O/N=C(\C)c1ccc(N(c2ccc(C(=O)c3ccc(N4c5ccccc5C5C=CC=CC54C)cc3)cc2)c2ccc(C3=NOC(=O)C3C)cc2)cc1. The maximum absolute atomic E-state index is 13.9. The van der Waals surface area contributed by atoms with Gasteiger partial charge in [-0.3, -0.25) is 4.79 Å². The van der Waals surface area contributed by atoms with Gasteiger partial charge < -0.3 is 19.5 Å². The maximum Gasteiger partial charge on any atom is 0.343 e. The predicted molar refractivity (Wildman–Crippen MR) is 215 cm³/mol. The van der Waals surface area contributed by atoms with Gasteiger partial charge >= 0.3 is 11.9 Å². The minimum atomic E-state index is -0.492. The van der Waals surface area contributed by atoms with Crippen molar-refractivity contribution < 1.29 is 24.1 Å². The first-order valence-electron chi connectivity index (χ1n) is 18.1. The molecule has 5 aromatic carbocycles. The number of hydrogen-bond donors (Lipinski definition) is 0. The van der Waals surface area contributed by atoms with E-state index in [2.05, 4.69) is 75.6 Å². The van der Waals surface area contributed by atoms with Gasteiger partial charge in [0.2, 0.25) is 0 Å². The molecule has 0 aromatic heterocycles. The van der Waals surface area contributed by atoms with Crippen molar-refractivity contribution in [2.24, 2.45) is 16.2 Å². The van der Waals surface area contributed by atoms with Gasteiger partial charge in [-0.25, -0.2) is 9.59 Å². The summed E-state index contributed by atoms with van der Waals surface area (Å²) in [4.78, 5) is 51.3. The largest absolute Gasteiger partial charge is 0.343 e. The fraction of sp³-hybridized carbons (Fsp3) is 0.152. The third kappa shape index (κ3) is 6.44. The van der Waals surface area contributed by atoms with E-state index in [1.807, 2.05) is 97.1 Å². The highest BCUT2D eigenvalue weighted by Crippen LogP contribution is 2.53. The molecule has 3 unspecified atom stereocenters. The van der Waals surface area contributed by atoms with E-state index in [9.17, 15) is 14.4 Å². The molecule has 0 fully saturated rings. The number of rotatable bonds is 9. The van der Waals surface area contributed by atoms with Crippen molar-refractivity contribution in [3.05, 3.63) is 173 Å². The summed E-state index contributed by atoms with van der Waals surface area (Å²) in [6.45, 7) is 7.10. The van der Waals surface area contributed by atoms with Crippen LogP contribution in [0, 0.1) is 5.92 Å². The number of oxime groups is 2. The average molecular weight is 727 g/mol. The van der Waals surface area contributed by atoms with Crippen LogP contribution in [0.4, 0.5) is 28.4 Å². The van der Waals surface area contributed by atoms with Gasteiger partial charge in [0.05, 0.1) is 11.3 Å². The van der Waals surface area contributed by atoms with Crippen LogP contribution in [0.3, 0.4) is 0 Å². The van der Waals surface area contributed by atoms with Crippen LogP contribution in [0.5, 0.6) is 0 Å². The molecular weight excluding hydrogens is 689 g/mol. The zero-order chi connectivity index (χ0) is 38.3. The van der Waals surface area contributed by atoms with Gasteiger partial charge in [0.1, 0.15) is 11.6 Å². The lowest BCUT2D eigenvalue weighted by atomic mass is 9.80. The van der Waals surface area contributed by atoms with E-state index in [0.29, 0.717) is 22.6 Å². The smallest absolute Gasteiger partial charge is 0.331 e. The molecule has 3 atom stereocenters. The Bertz CT molecular complexity index is 2430. The Labute approximate surface area is 319 Å². The predicted octanol–water partition coefficient (Wildman–Crippen LogP) is 9.69. The minimum Gasteiger partial charge on any atom is -0.331 e. The van der Waals surface area contributed by atoms with E-state index in [1.165, 1.54) is 18.2 Å². The Morgan fingerprint density at radius 2 is 1.36 bits per heavy atom. The minimum absolute atomic E-state index is 0.0736. The van der Waals surface area contributed by atoms with Gasteiger partial charge in [0.25, 0.3) is 0 Å². The number of carbonyl (C=O) groups is 3. The third-order valence-corrected chi connectivity index (χ3v) is 10.5. The molecule has 0 radical (unpaired) electrons. The van der Waals surface area contributed by atoms with E-state index >= 15 is 0 Å². The summed E-state index contributed by atoms with van der Waals surface area (Å²) in [7, 11) is 0. The highest BCUT2D eigenvalue weighted by molar-refractivity contribution is 6.14. The quantitative estimate of drug-likeness (QED) is 0.0645. The van der Waals surface area contributed by atoms with Crippen LogP contribution >= 0.6 is 0 Å². The van der Waals surface area contributed by atoms with E-state index in [1.54, 1.807) is 13.8 Å². The fourth-order valence-electron chi connectivity index (χ4n) is 7.61. The molecule has 2 aliphatic heterocycles. The first-order valence-corrected chi connectivity index (χ1v) is 18.1. The summed E-state index contributed by atoms with van der Waals surface area (Å²) >= 11 is 0. The maximum atomic E-state index is 13.9. The van der Waals surface area contributed by atoms with Crippen LogP contribution in [0.1, 0.15) is 66.2 Å². The second-order valence-corrected chi connectivity index (χ2v) is 14.1. The number of anilines is 5. The lowest BCUT2D eigenvalue weighted by Crippen LogP contribution is -2.41. The van der Waals surface area contributed by atoms with Crippen molar-refractivity contribution in [3.8, 4) is 0 Å². The van der Waals surface area contributed by atoms with E-state index in [0.717, 1.165) is 33.9 Å². The van der Waals surface area contributed by atoms with Crippen LogP contribution in [-0.4, -0.2) is 34.7 Å². The Morgan fingerprint density at radius 3 is 1.96 bits per heavy atom. The summed E-state index contributed by atoms with van der Waals surface area (Å²) in [6, 6.07) is 39.4. The van der Waals surface area contributed by atoms with Crippen molar-refractivity contribution in [2.75, 3.05) is 9.80 Å². The molecule has 5 aromatic rings. The molecular formula is C46H38N4O5. The highest BCUT2D eigenvalue weighted by atomic mass is 16.7. The first kappa shape index (κ1) is 35.2. The van der Waals surface area contributed by atoms with Crippen molar-refractivity contribution in [1.82, 2.24) is 0 Å². The van der Waals surface area contributed by atoms with Gasteiger partial charge in [0.15, 0.2) is 5.78 Å². The molecule has 272 valence electrons. The van der Waals surface area contributed by atoms with Crippen LogP contribution in [0.15, 0.2) is 156 Å². The molecule has 0 saturated carbocycles. The lowest BCUT2D eigenvalue weighted by Gasteiger charge is -2.39. The van der Waals surface area contributed by atoms with Gasteiger partial charge in [-0.15, -0.1) is 0 Å². The average Bonchev–Trinajstić information content (AvgIpc) is 3.69. The molecule has 2 heterocycles. The molecule has 0 saturated heterocycles. The summed E-state index contributed by atoms with van der Waals surface area (Å²) in [5, 5.41) is 7.90. The standard InChI is InChI=1S/C46H38N4O5/c1-29-43(48-55-45(29)53)33-14-22-37(23-15-33)49(36-20-12-32(13-21-36)30(2)47-54-31(3)51)38-24-16-34(17-25-38)44(52)35-18-26-39(27-19-35)50-42-11-6-5-9-40(42)41-10-7-8-28-46(41,50)4/h5-29,41H,1-4H3/b47-30+. The summed E-state index contributed by atoms with van der Waals surface area (Å²) in [5.74, 6) is -1.16. The van der Waals surface area contributed by atoms with Crippen LogP contribution in [0.2, 0.25) is 0 Å². The molecule has 1 aliphatic carbocycles. The molecule has 0 N–H and O–H groups in total. The summed E-state index contributed by atoms with van der Waals surface area (Å²) in [6.07, 6.45) is 8.74. The van der Waals surface area contributed by atoms with E-state index in [-0.39, 0.29) is 23.2 Å². The van der Waals surface area contributed by atoms with Crippen molar-refractivity contribution in [1.29, 1.82) is 0 Å². The van der Waals surface area contributed by atoms with Gasteiger partial charge in [0, 0.05) is 58.0 Å². The molecule has 55 heavy (non-hydrogen) atoms. The Kier molecular flexibility index (Phi) is 9.06. The van der Waals surface area contributed by atoms with Crippen molar-refractivity contribution >= 4 is 57.6 Å². The number of nitrogens with zero attached hydrogens (tertiary/aromatic N) is 4. The monoisotopic (exact) mass is 726 g/mol. The third-order valence-electron chi connectivity index (χ3n) is 10.5. The Morgan fingerprint density at radius 1 is 0.782 bits per heavy atom. The van der Waals surface area contributed by atoms with Crippen molar-refractivity contribution in [3.63, 3.8) is 0 Å². The molecule has 9 nitrogen and oxygen atoms in total. The van der Waals surface area contributed by atoms with Gasteiger partial charge in [-0.2, -0.15) is 0 Å². The molecule has 8 rings (SSSR count). The molecule has 9 heteroatoms. The Balaban J connectivity index is 1.07. The summed E-state index contributed by atoms with van der Waals surface area (Å²) < 4.78 is 0. The molecule has 0 amide bonds. The zero-order valence-electron chi connectivity index (χ0n) is 30.8. The number of benzene rings is 5. The number of fused-ring (bicyclic) bond motifs is 3. The second kappa shape index (κ2) is 14.2. The van der Waals surface area contributed by atoms with E-state index in [4.69, 9.17) is 9.68 Å². The number of carbonyl (C=O) groups excluding carboxylic acids is 3. The van der Waals surface area contributed by atoms with Crippen molar-refractivity contribution in [2.45, 2.75) is 39.2 Å². The number of para-hydroxylation sites is 1. The van der Waals surface area contributed by atoms with Crippen LogP contribution in [-0.2, 0) is 19.3 Å². The molecule has 3 aliphatic rings. The zero-order valence-corrected chi connectivity index (χ0v) is 30.8. The number of hydrogen-bond acceptors (Lipinski definition) is 9. The number of allylic oxidation sites excluding steroid dienone is 2. The second-order valence-electron chi connectivity index (χ2n) is 14.1. The van der Waals surface area contributed by atoms with Crippen LogP contribution in [0.25, 0.3) is 0 Å². The first-order chi connectivity index (χ1) is 26.6. The van der Waals surface area contributed by atoms with Gasteiger partial charge in [-0.05, 0) is 111 Å². The molecule has 0 spiro atoms. The Hall–Kier alpha value is -6.87. The highest BCUT2D eigenvalue weighted by Gasteiger charge is 2.46. The lowest BCUT2D eigenvalue weighted by molar-refractivity contribution is -0.143.